The second-order valence-corrected chi connectivity index (χ2v) is 8.54. The summed E-state index contributed by atoms with van der Waals surface area (Å²) in [4.78, 5) is 16.2. The number of carboxylic acids is 1. The van der Waals surface area contributed by atoms with Crippen LogP contribution < -0.4 is 5.73 Å². The molecule has 4 nitrogen and oxygen atoms in total. The van der Waals surface area contributed by atoms with Crippen molar-refractivity contribution in [2.24, 2.45) is 5.73 Å². The average Bonchev–Trinajstić information content (AvgIpc) is 2.78. The Bertz CT molecular complexity index is 1210. The van der Waals surface area contributed by atoms with Crippen molar-refractivity contribution in [1.82, 2.24) is 4.98 Å². The number of fused-ring (bicyclic) bond motifs is 1. The highest BCUT2D eigenvalue weighted by atomic mass is 19.1. The predicted molar refractivity (Wildman–Crippen MR) is 127 cm³/mol. The summed E-state index contributed by atoms with van der Waals surface area (Å²) in [7, 11) is 0. The molecule has 4 rings (SSSR count). The molecular formula is C27H27FN2O2. The largest absolute Gasteiger partial charge is 0.478 e. The van der Waals surface area contributed by atoms with Crippen LogP contribution in [-0.2, 0) is 12.0 Å². The van der Waals surface area contributed by atoms with E-state index in [2.05, 4.69) is 37.9 Å². The third kappa shape index (κ3) is 5.56. The molecule has 0 aliphatic heterocycles. The Kier molecular flexibility index (Phi) is 7.01. The van der Waals surface area contributed by atoms with Crippen molar-refractivity contribution < 1.29 is 14.3 Å². The molecule has 164 valence electrons. The summed E-state index contributed by atoms with van der Waals surface area (Å²) >= 11 is 0. The number of para-hydroxylation sites is 1. The van der Waals surface area contributed by atoms with Gasteiger partial charge in [-0.25, -0.2) is 14.2 Å². The molecular weight excluding hydrogens is 403 g/mol. The zero-order valence-corrected chi connectivity index (χ0v) is 18.5. The molecule has 0 aliphatic carbocycles. The maximum Gasteiger partial charge on any atom is 0.336 e. The van der Waals surface area contributed by atoms with Crippen LogP contribution >= 0.6 is 0 Å². The first kappa shape index (κ1) is 23.1. The zero-order valence-electron chi connectivity index (χ0n) is 18.5. The molecule has 0 aliphatic rings. The highest BCUT2D eigenvalue weighted by molar-refractivity contribution is 6.03. The topological polar surface area (TPSA) is 76.2 Å². The van der Waals surface area contributed by atoms with Crippen LogP contribution in [0, 0.1) is 5.82 Å². The van der Waals surface area contributed by atoms with E-state index >= 15 is 0 Å². The molecule has 0 unspecified atom stereocenters. The SMILES string of the molecule is CC(C)(C)c1ccc(-c2cc(C(=O)O)c3ccccc3n2)cc1.NCc1ccc(F)cc1. The first-order chi connectivity index (χ1) is 15.2. The average molecular weight is 431 g/mol. The maximum absolute atomic E-state index is 12.2. The van der Waals surface area contributed by atoms with Crippen LogP contribution in [0.3, 0.4) is 0 Å². The number of benzene rings is 3. The van der Waals surface area contributed by atoms with Crippen molar-refractivity contribution in [3.63, 3.8) is 0 Å². The molecule has 4 aromatic rings. The minimum absolute atomic E-state index is 0.0849. The molecule has 0 amide bonds. The number of hydrogen-bond acceptors (Lipinski definition) is 3. The molecule has 3 aromatic carbocycles. The lowest BCUT2D eigenvalue weighted by Gasteiger charge is -2.19. The Morgan fingerprint density at radius 1 is 0.969 bits per heavy atom. The molecule has 0 radical (unpaired) electrons. The minimum atomic E-state index is -0.934. The first-order valence-corrected chi connectivity index (χ1v) is 10.4. The molecule has 3 N–H and O–H groups in total. The van der Waals surface area contributed by atoms with Crippen LogP contribution in [0.25, 0.3) is 22.2 Å². The Labute approximate surface area is 187 Å². The van der Waals surface area contributed by atoms with E-state index in [1.807, 2.05) is 30.3 Å². The molecule has 0 atom stereocenters. The lowest BCUT2D eigenvalue weighted by atomic mass is 9.86. The second kappa shape index (κ2) is 9.71. The van der Waals surface area contributed by atoms with Gasteiger partial charge < -0.3 is 10.8 Å². The van der Waals surface area contributed by atoms with Crippen molar-refractivity contribution in [3.8, 4) is 11.3 Å². The highest BCUT2D eigenvalue weighted by Crippen LogP contribution is 2.28. The summed E-state index contributed by atoms with van der Waals surface area (Å²) in [5.74, 6) is -1.15. The summed E-state index contributed by atoms with van der Waals surface area (Å²) in [6.45, 7) is 6.97. The van der Waals surface area contributed by atoms with Crippen LogP contribution in [0.5, 0.6) is 0 Å². The van der Waals surface area contributed by atoms with Gasteiger partial charge in [-0.3, -0.25) is 0 Å². The number of hydrogen-bond donors (Lipinski definition) is 2. The molecule has 1 heterocycles. The van der Waals surface area contributed by atoms with E-state index in [0.29, 0.717) is 23.1 Å². The second-order valence-electron chi connectivity index (χ2n) is 8.54. The summed E-state index contributed by atoms with van der Waals surface area (Å²) in [6.07, 6.45) is 0. The Balaban J connectivity index is 0.000000269. The van der Waals surface area contributed by atoms with Gasteiger partial charge in [-0.2, -0.15) is 0 Å². The van der Waals surface area contributed by atoms with Gasteiger partial charge in [0.2, 0.25) is 0 Å². The minimum Gasteiger partial charge on any atom is -0.478 e. The van der Waals surface area contributed by atoms with Gasteiger partial charge in [0.25, 0.3) is 0 Å². The lowest BCUT2D eigenvalue weighted by molar-refractivity contribution is 0.0699. The van der Waals surface area contributed by atoms with Crippen LogP contribution in [0.2, 0.25) is 0 Å². The van der Waals surface area contributed by atoms with Gasteiger partial charge in [-0.15, -0.1) is 0 Å². The Morgan fingerprint density at radius 3 is 2.16 bits per heavy atom. The van der Waals surface area contributed by atoms with Crippen LogP contribution in [0.1, 0.15) is 42.3 Å². The number of aromatic nitrogens is 1. The molecule has 5 heteroatoms. The highest BCUT2D eigenvalue weighted by Gasteiger charge is 2.15. The molecule has 0 saturated heterocycles. The number of rotatable bonds is 3. The number of halogens is 1. The van der Waals surface area contributed by atoms with E-state index in [-0.39, 0.29) is 16.8 Å². The van der Waals surface area contributed by atoms with Gasteiger partial charge in [0, 0.05) is 17.5 Å². The Morgan fingerprint density at radius 2 is 1.59 bits per heavy atom. The van der Waals surface area contributed by atoms with Gasteiger partial charge in [-0.1, -0.05) is 75.4 Å². The van der Waals surface area contributed by atoms with Crippen LogP contribution in [-0.4, -0.2) is 16.1 Å². The van der Waals surface area contributed by atoms with Crippen molar-refractivity contribution >= 4 is 16.9 Å². The van der Waals surface area contributed by atoms with E-state index in [1.54, 1.807) is 24.3 Å². The number of aromatic carboxylic acids is 1. The van der Waals surface area contributed by atoms with E-state index in [4.69, 9.17) is 5.73 Å². The van der Waals surface area contributed by atoms with Gasteiger partial charge in [0.05, 0.1) is 16.8 Å². The fourth-order valence-electron chi connectivity index (χ4n) is 3.26. The quantitative estimate of drug-likeness (QED) is 0.407. The zero-order chi connectivity index (χ0) is 23.3. The van der Waals surface area contributed by atoms with Crippen LogP contribution in [0.4, 0.5) is 4.39 Å². The smallest absolute Gasteiger partial charge is 0.336 e. The normalized spacial score (nSPS) is 11.0. The van der Waals surface area contributed by atoms with E-state index in [1.165, 1.54) is 17.7 Å². The van der Waals surface area contributed by atoms with Crippen molar-refractivity contribution in [3.05, 3.63) is 101 Å². The van der Waals surface area contributed by atoms with Crippen molar-refractivity contribution in [1.29, 1.82) is 0 Å². The summed E-state index contributed by atoms with van der Waals surface area (Å²) in [6, 6.07) is 23.3. The third-order valence-electron chi connectivity index (χ3n) is 5.14. The lowest BCUT2D eigenvalue weighted by Crippen LogP contribution is -2.10. The maximum atomic E-state index is 12.2. The summed E-state index contributed by atoms with van der Waals surface area (Å²) < 4.78 is 12.2. The van der Waals surface area contributed by atoms with Crippen molar-refractivity contribution in [2.45, 2.75) is 32.7 Å². The number of pyridine rings is 1. The molecule has 1 aromatic heterocycles. The van der Waals surface area contributed by atoms with Gasteiger partial charge in [0.15, 0.2) is 0 Å². The number of nitrogens with two attached hydrogens (primary N) is 1. The number of nitrogens with zero attached hydrogens (tertiary/aromatic N) is 1. The van der Waals surface area contributed by atoms with Crippen LogP contribution in [0.15, 0.2) is 78.9 Å². The number of carboxylic acid groups (broad SMARTS) is 1. The van der Waals surface area contributed by atoms with Gasteiger partial charge >= 0.3 is 5.97 Å². The summed E-state index contributed by atoms with van der Waals surface area (Å²) in [5.41, 5.74) is 10.1. The third-order valence-corrected chi connectivity index (χ3v) is 5.14. The molecule has 0 saturated carbocycles. The molecule has 0 bridgehead atoms. The van der Waals surface area contributed by atoms with E-state index in [9.17, 15) is 14.3 Å². The van der Waals surface area contributed by atoms with Crippen molar-refractivity contribution in [2.75, 3.05) is 0 Å². The van der Waals surface area contributed by atoms with E-state index < -0.39 is 5.97 Å². The van der Waals surface area contributed by atoms with E-state index in [0.717, 1.165) is 11.1 Å². The van der Waals surface area contributed by atoms with Gasteiger partial charge in [-0.05, 0) is 40.8 Å². The fourth-order valence-corrected chi connectivity index (χ4v) is 3.26. The molecule has 32 heavy (non-hydrogen) atoms. The standard InChI is InChI=1S/C20H19NO2.C7H8FN/c1-20(2,3)14-10-8-13(9-11-14)18-12-16(19(22)23)15-6-4-5-7-17(15)21-18;8-7-3-1-6(5-9)2-4-7/h4-12H,1-3H3,(H,22,23);1-4H,5,9H2. The number of carbonyl (C=O) groups is 1. The first-order valence-electron chi connectivity index (χ1n) is 10.4. The molecule has 0 spiro atoms. The molecule has 0 fully saturated rings. The predicted octanol–water partition coefficient (Wildman–Crippen LogP) is 6.18. The Hall–Kier alpha value is -3.57. The monoisotopic (exact) mass is 430 g/mol. The summed E-state index contributed by atoms with van der Waals surface area (Å²) in [5, 5.41) is 10.1. The fraction of sp³-hybridized carbons (Fsp3) is 0.185. The van der Waals surface area contributed by atoms with Gasteiger partial charge in [0.1, 0.15) is 5.82 Å².